The number of hydrazine groups is 1. The van der Waals surface area contributed by atoms with Gasteiger partial charge < -0.3 is 0 Å². The predicted octanol–water partition coefficient (Wildman–Crippen LogP) is 3.57. The highest BCUT2D eigenvalue weighted by atomic mass is 35.5. The molecule has 0 saturated heterocycles. The van der Waals surface area contributed by atoms with Crippen molar-refractivity contribution >= 4 is 40.6 Å². The van der Waals surface area contributed by atoms with Gasteiger partial charge in [0, 0.05) is 6.92 Å². The van der Waals surface area contributed by atoms with Gasteiger partial charge in [0.1, 0.15) is 11.9 Å². The van der Waals surface area contributed by atoms with Crippen LogP contribution in [0.4, 0.5) is 24.7 Å². The molecule has 13 heteroatoms. The number of amides is 1. The number of nitrogens with one attached hydrogen (secondary N) is 2. The molecule has 0 saturated carbocycles. The lowest BCUT2D eigenvalue weighted by Gasteiger charge is -2.12. The van der Waals surface area contributed by atoms with Gasteiger partial charge in [-0.05, 0) is 12.1 Å². The first-order chi connectivity index (χ1) is 11.5. The SMILES string of the molecule is CC(=O)NNc1nn(-c2c(Cl)cc(C(F)(F)F)cc2Cl)cc1[N+](=O)[O-]. The van der Waals surface area contributed by atoms with E-state index in [4.69, 9.17) is 23.2 Å². The molecule has 2 aromatic rings. The largest absolute Gasteiger partial charge is 0.416 e. The van der Waals surface area contributed by atoms with Crippen LogP contribution in [0.25, 0.3) is 5.69 Å². The number of carbonyl (C=O) groups is 1. The number of alkyl halides is 3. The third-order valence-electron chi connectivity index (χ3n) is 2.82. The molecule has 134 valence electrons. The van der Waals surface area contributed by atoms with E-state index >= 15 is 0 Å². The molecule has 0 bridgehead atoms. The van der Waals surface area contributed by atoms with E-state index in [1.54, 1.807) is 0 Å². The van der Waals surface area contributed by atoms with Crippen LogP contribution in [0.2, 0.25) is 10.0 Å². The molecular weight excluding hydrogens is 390 g/mol. The quantitative estimate of drug-likeness (QED) is 0.606. The summed E-state index contributed by atoms with van der Waals surface area (Å²) in [5, 5.41) is 14.0. The summed E-state index contributed by atoms with van der Waals surface area (Å²) in [6.07, 6.45) is -3.77. The molecule has 0 atom stereocenters. The molecule has 0 aliphatic heterocycles. The minimum atomic E-state index is -4.67. The van der Waals surface area contributed by atoms with Crippen LogP contribution in [0.15, 0.2) is 18.3 Å². The number of nitrogens with zero attached hydrogens (tertiary/aromatic N) is 3. The number of nitro groups is 1. The second-order valence-electron chi connectivity index (χ2n) is 4.66. The monoisotopic (exact) mass is 397 g/mol. The molecule has 25 heavy (non-hydrogen) atoms. The van der Waals surface area contributed by atoms with Gasteiger partial charge in [0.05, 0.1) is 20.5 Å². The van der Waals surface area contributed by atoms with Gasteiger partial charge >= 0.3 is 11.9 Å². The molecule has 2 rings (SSSR count). The summed E-state index contributed by atoms with van der Waals surface area (Å²) >= 11 is 11.7. The summed E-state index contributed by atoms with van der Waals surface area (Å²) in [6.45, 7) is 1.15. The van der Waals surface area contributed by atoms with Crippen LogP contribution in [0.3, 0.4) is 0 Å². The van der Waals surface area contributed by atoms with Crippen molar-refractivity contribution in [2.45, 2.75) is 13.1 Å². The van der Waals surface area contributed by atoms with Crippen LogP contribution in [0, 0.1) is 10.1 Å². The zero-order valence-electron chi connectivity index (χ0n) is 12.2. The summed E-state index contributed by atoms with van der Waals surface area (Å²) in [7, 11) is 0. The number of carbonyl (C=O) groups excluding carboxylic acids is 1. The minimum absolute atomic E-state index is 0.185. The topological polar surface area (TPSA) is 102 Å². The fourth-order valence-corrected chi connectivity index (χ4v) is 2.46. The Morgan fingerprint density at radius 3 is 2.32 bits per heavy atom. The molecule has 0 unspecified atom stereocenters. The molecule has 1 heterocycles. The number of benzene rings is 1. The van der Waals surface area contributed by atoms with Crippen LogP contribution >= 0.6 is 23.2 Å². The molecule has 1 amide bonds. The first-order valence-electron chi connectivity index (χ1n) is 6.34. The van der Waals surface area contributed by atoms with E-state index in [2.05, 4.69) is 16.0 Å². The van der Waals surface area contributed by atoms with Crippen molar-refractivity contribution in [2.75, 3.05) is 5.43 Å². The van der Waals surface area contributed by atoms with Crippen molar-refractivity contribution in [2.24, 2.45) is 0 Å². The lowest BCUT2D eigenvalue weighted by atomic mass is 10.2. The van der Waals surface area contributed by atoms with Crippen molar-refractivity contribution < 1.29 is 22.9 Å². The minimum Gasteiger partial charge on any atom is -0.275 e. The molecule has 0 fully saturated rings. The second kappa shape index (κ2) is 6.76. The molecule has 2 N–H and O–H groups in total. The number of halogens is 5. The summed E-state index contributed by atoms with van der Waals surface area (Å²) in [5.74, 6) is -0.901. The Morgan fingerprint density at radius 2 is 1.88 bits per heavy atom. The smallest absolute Gasteiger partial charge is 0.275 e. The van der Waals surface area contributed by atoms with Gasteiger partial charge in [-0.1, -0.05) is 23.2 Å². The maximum absolute atomic E-state index is 12.8. The fourth-order valence-electron chi connectivity index (χ4n) is 1.80. The van der Waals surface area contributed by atoms with E-state index in [9.17, 15) is 28.1 Å². The molecule has 1 aromatic heterocycles. The van der Waals surface area contributed by atoms with Crippen LogP contribution in [-0.4, -0.2) is 20.6 Å². The van der Waals surface area contributed by atoms with Crippen molar-refractivity contribution in [1.82, 2.24) is 15.2 Å². The zero-order chi connectivity index (χ0) is 18.9. The number of aromatic nitrogens is 2. The Hall–Kier alpha value is -2.53. The van der Waals surface area contributed by atoms with E-state index in [1.807, 2.05) is 0 Å². The van der Waals surface area contributed by atoms with Crippen molar-refractivity contribution in [3.05, 3.63) is 44.1 Å². The number of anilines is 1. The highest BCUT2D eigenvalue weighted by Crippen LogP contribution is 2.38. The fraction of sp³-hybridized carbons (Fsp3) is 0.167. The van der Waals surface area contributed by atoms with Gasteiger partial charge in [-0.2, -0.15) is 13.2 Å². The van der Waals surface area contributed by atoms with Gasteiger partial charge in [-0.15, -0.1) is 5.10 Å². The van der Waals surface area contributed by atoms with Crippen LogP contribution < -0.4 is 10.9 Å². The van der Waals surface area contributed by atoms with Crippen LogP contribution in [0.5, 0.6) is 0 Å². The Balaban J connectivity index is 2.53. The van der Waals surface area contributed by atoms with Gasteiger partial charge in [0.25, 0.3) is 0 Å². The maximum atomic E-state index is 12.8. The van der Waals surface area contributed by atoms with Gasteiger partial charge in [-0.25, -0.2) is 4.68 Å². The van der Waals surface area contributed by atoms with Crippen molar-refractivity contribution in [3.8, 4) is 5.69 Å². The molecule has 0 radical (unpaired) electrons. The Labute approximate surface area is 147 Å². The first-order valence-corrected chi connectivity index (χ1v) is 7.09. The summed E-state index contributed by atoms with van der Waals surface area (Å²) < 4.78 is 39.1. The van der Waals surface area contributed by atoms with Gasteiger partial charge in [0.15, 0.2) is 0 Å². The van der Waals surface area contributed by atoms with E-state index in [0.717, 1.165) is 17.8 Å². The molecule has 8 nitrogen and oxygen atoms in total. The van der Waals surface area contributed by atoms with Gasteiger partial charge in [0.2, 0.25) is 11.7 Å². The second-order valence-corrected chi connectivity index (χ2v) is 5.47. The average Bonchev–Trinajstić information content (AvgIpc) is 2.87. The predicted molar refractivity (Wildman–Crippen MR) is 82.7 cm³/mol. The number of hydrogen-bond donors (Lipinski definition) is 2. The molecule has 0 aliphatic rings. The Morgan fingerprint density at radius 1 is 1.32 bits per heavy atom. The van der Waals surface area contributed by atoms with Crippen molar-refractivity contribution in [1.29, 1.82) is 0 Å². The highest BCUT2D eigenvalue weighted by Gasteiger charge is 2.32. The molecule has 1 aromatic carbocycles. The summed E-state index contributed by atoms with van der Waals surface area (Å²) in [4.78, 5) is 21.1. The first kappa shape index (κ1) is 18.8. The van der Waals surface area contributed by atoms with Crippen LogP contribution in [0.1, 0.15) is 12.5 Å². The summed E-state index contributed by atoms with van der Waals surface area (Å²) in [6, 6.07) is 1.24. The molecule has 0 spiro atoms. The van der Waals surface area contributed by atoms with Crippen LogP contribution in [-0.2, 0) is 11.0 Å². The third kappa shape index (κ3) is 4.12. The average molecular weight is 398 g/mol. The number of hydrogen-bond acceptors (Lipinski definition) is 5. The van der Waals surface area contributed by atoms with E-state index in [0.29, 0.717) is 12.1 Å². The van der Waals surface area contributed by atoms with E-state index in [-0.39, 0.29) is 11.5 Å². The lowest BCUT2D eigenvalue weighted by molar-refractivity contribution is -0.384. The normalized spacial score (nSPS) is 11.3. The lowest BCUT2D eigenvalue weighted by Crippen LogP contribution is -2.27. The standard InChI is InChI=1S/C12H8Cl2F3N5O3/c1-5(23)18-19-11-9(22(24)25)4-21(20-11)10-7(13)2-6(3-8(10)14)12(15,16)17/h2-4H,1H3,(H,18,23)(H,19,20). The number of rotatable bonds is 4. The Kier molecular flexibility index (Phi) is 5.09. The Bertz CT molecular complexity index is 830. The molecular formula is C12H8Cl2F3N5O3. The zero-order valence-corrected chi connectivity index (χ0v) is 13.7. The van der Waals surface area contributed by atoms with Crippen molar-refractivity contribution in [3.63, 3.8) is 0 Å². The third-order valence-corrected chi connectivity index (χ3v) is 3.40. The van der Waals surface area contributed by atoms with E-state index < -0.39 is 38.3 Å². The summed E-state index contributed by atoms with van der Waals surface area (Å²) in [5.41, 5.74) is 2.50. The molecule has 0 aliphatic carbocycles. The van der Waals surface area contributed by atoms with E-state index in [1.165, 1.54) is 0 Å². The maximum Gasteiger partial charge on any atom is 0.416 e. The van der Waals surface area contributed by atoms with Gasteiger partial charge in [-0.3, -0.25) is 25.8 Å². The highest BCUT2D eigenvalue weighted by molar-refractivity contribution is 6.37.